The third kappa shape index (κ3) is 2.61. The monoisotopic (exact) mass is 284 g/mol. The predicted octanol–water partition coefficient (Wildman–Crippen LogP) is 1.30. The molecule has 2 rings (SSSR count). The Bertz CT molecular complexity index is 584. The summed E-state index contributed by atoms with van der Waals surface area (Å²) < 4.78 is 32.0. The van der Waals surface area contributed by atoms with Crippen LogP contribution in [0.25, 0.3) is 0 Å². The van der Waals surface area contributed by atoms with Gasteiger partial charge in [-0.2, -0.15) is 4.31 Å². The van der Waals surface area contributed by atoms with Gasteiger partial charge >= 0.3 is 0 Å². The lowest BCUT2D eigenvalue weighted by Gasteiger charge is -2.19. The first-order chi connectivity index (χ1) is 8.86. The molecule has 1 aromatic rings. The molecule has 0 bridgehead atoms. The number of hydrogen-bond donors (Lipinski definition) is 1. The van der Waals surface area contributed by atoms with E-state index in [-0.39, 0.29) is 6.10 Å². The zero-order valence-electron chi connectivity index (χ0n) is 11.5. The fraction of sp³-hybridized carbons (Fsp3) is 0.538. The van der Waals surface area contributed by atoms with E-state index in [9.17, 15) is 8.42 Å². The van der Waals surface area contributed by atoms with Gasteiger partial charge in [0.05, 0.1) is 11.0 Å². The van der Waals surface area contributed by atoms with Crippen LogP contribution in [0.5, 0.6) is 0 Å². The molecule has 1 atom stereocenters. The smallest absolute Gasteiger partial charge is 0.243 e. The second kappa shape index (κ2) is 5.11. The van der Waals surface area contributed by atoms with E-state index in [1.165, 1.54) is 10.4 Å². The van der Waals surface area contributed by atoms with E-state index in [1.54, 1.807) is 13.2 Å². The number of rotatable bonds is 3. The molecule has 0 aromatic heterocycles. The summed E-state index contributed by atoms with van der Waals surface area (Å²) >= 11 is 0. The Hall–Kier alpha value is -1.11. The van der Waals surface area contributed by atoms with Gasteiger partial charge in [-0.15, -0.1) is 0 Å². The molecule has 106 valence electrons. The van der Waals surface area contributed by atoms with Gasteiger partial charge in [-0.05, 0) is 43.5 Å². The highest BCUT2D eigenvalue weighted by Gasteiger charge is 2.33. The number of nitrogen functional groups attached to an aromatic ring is 1. The highest BCUT2D eigenvalue weighted by atomic mass is 32.2. The van der Waals surface area contributed by atoms with Gasteiger partial charge in [-0.25, -0.2) is 8.42 Å². The Morgan fingerprint density at radius 2 is 2.05 bits per heavy atom. The Morgan fingerprint density at radius 3 is 2.63 bits per heavy atom. The quantitative estimate of drug-likeness (QED) is 0.849. The van der Waals surface area contributed by atoms with E-state index in [2.05, 4.69) is 0 Å². The third-order valence-corrected chi connectivity index (χ3v) is 5.69. The molecule has 1 unspecified atom stereocenters. The van der Waals surface area contributed by atoms with Crippen LogP contribution in [0.2, 0.25) is 0 Å². The van der Waals surface area contributed by atoms with Crippen molar-refractivity contribution in [2.24, 2.45) is 0 Å². The molecule has 1 saturated heterocycles. The summed E-state index contributed by atoms with van der Waals surface area (Å²) in [4.78, 5) is 0.307. The zero-order valence-corrected chi connectivity index (χ0v) is 12.3. The molecule has 0 aliphatic carbocycles. The number of sulfonamides is 1. The maximum Gasteiger partial charge on any atom is 0.243 e. The summed E-state index contributed by atoms with van der Waals surface area (Å²) in [6.07, 6.45) is 0.716. The van der Waals surface area contributed by atoms with Crippen molar-refractivity contribution in [2.45, 2.75) is 31.3 Å². The fourth-order valence-electron chi connectivity index (χ4n) is 2.37. The van der Waals surface area contributed by atoms with E-state index >= 15 is 0 Å². The van der Waals surface area contributed by atoms with Gasteiger partial charge in [-0.1, -0.05) is 0 Å². The van der Waals surface area contributed by atoms with Crippen LogP contribution in [-0.2, 0) is 14.8 Å². The lowest BCUT2D eigenvalue weighted by atomic mass is 10.1. The minimum atomic E-state index is -3.48. The Kier molecular flexibility index (Phi) is 3.85. The van der Waals surface area contributed by atoms with Crippen LogP contribution in [0.3, 0.4) is 0 Å². The number of nitrogens with two attached hydrogens (primary N) is 1. The van der Waals surface area contributed by atoms with E-state index in [4.69, 9.17) is 10.5 Å². The summed E-state index contributed by atoms with van der Waals surface area (Å²) in [5.74, 6) is 0. The first kappa shape index (κ1) is 14.3. The molecule has 1 aliphatic heterocycles. The molecular weight excluding hydrogens is 264 g/mol. The van der Waals surface area contributed by atoms with E-state index in [0.29, 0.717) is 23.7 Å². The molecule has 1 aromatic carbocycles. The van der Waals surface area contributed by atoms with Crippen molar-refractivity contribution < 1.29 is 13.2 Å². The number of benzene rings is 1. The molecule has 1 fully saturated rings. The third-order valence-electron chi connectivity index (χ3n) is 3.70. The van der Waals surface area contributed by atoms with Crippen molar-refractivity contribution in [2.75, 3.05) is 25.9 Å². The van der Waals surface area contributed by atoms with Gasteiger partial charge in [0, 0.05) is 25.9 Å². The average Bonchev–Trinajstić information content (AvgIpc) is 2.83. The molecule has 0 spiro atoms. The lowest BCUT2D eigenvalue weighted by molar-refractivity contribution is 0.115. The maximum atomic E-state index is 12.6. The molecule has 0 radical (unpaired) electrons. The number of hydrogen-bond acceptors (Lipinski definition) is 4. The molecule has 1 aliphatic rings. The molecule has 0 saturated carbocycles. The number of anilines is 1. The molecule has 2 N–H and O–H groups in total. The molecule has 5 nitrogen and oxygen atoms in total. The van der Waals surface area contributed by atoms with E-state index < -0.39 is 10.0 Å². The van der Waals surface area contributed by atoms with Gasteiger partial charge in [0.25, 0.3) is 0 Å². The number of aryl methyl sites for hydroxylation is 1. The minimum absolute atomic E-state index is 0.0164. The summed E-state index contributed by atoms with van der Waals surface area (Å²) in [6.45, 7) is 4.58. The van der Waals surface area contributed by atoms with Crippen LogP contribution in [0, 0.1) is 13.8 Å². The summed E-state index contributed by atoms with van der Waals surface area (Å²) in [6, 6.07) is 3.33. The summed E-state index contributed by atoms with van der Waals surface area (Å²) in [5, 5.41) is 0. The standard InChI is InChI=1S/C13H20N2O3S/c1-9-6-11(14)7-13(10(9)2)19(16,17)15-5-4-12(8-15)18-3/h6-7,12H,4-5,8,14H2,1-3H3. The van der Waals surface area contributed by atoms with Gasteiger partial charge in [0.15, 0.2) is 0 Å². The van der Waals surface area contributed by atoms with Gasteiger partial charge in [0.1, 0.15) is 0 Å². The fourth-order valence-corrected chi connectivity index (χ4v) is 4.19. The van der Waals surface area contributed by atoms with Crippen molar-refractivity contribution in [3.63, 3.8) is 0 Å². The Balaban J connectivity index is 2.41. The largest absolute Gasteiger partial charge is 0.399 e. The molecule has 6 heteroatoms. The van der Waals surface area contributed by atoms with Crippen molar-refractivity contribution in [1.29, 1.82) is 0 Å². The molecular formula is C13H20N2O3S. The molecule has 1 heterocycles. The van der Waals surface area contributed by atoms with Crippen LogP contribution < -0.4 is 5.73 Å². The van der Waals surface area contributed by atoms with Gasteiger partial charge < -0.3 is 10.5 Å². The molecule has 0 amide bonds. The van der Waals surface area contributed by atoms with Crippen LogP contribution in [-0.4, -0.2) is 39.0 Å². The van der Waals surface area contributed by atoms with Crippen molar-refractivity contribution >= 4 is 15.7 Å². The maximum absolute atomic E-state index is 12.6. The zero-order chi connectivity index (χ0) is 14.2. The Labute approximate surface area is 114 Å². The first-order valence-electron chi connectivity index (χ1n) is 6.26. The highest BCUT2D eigenvalue weighted by Crippen LogP contribution is 2.28. The number of ether oxygens (including phenoxy) is 1. The first-order valence-corrected chi connectivity index (χ1v) is 7.70. The minimum Gasteiger partial charge on any atom is -0.399 e. The van der Waals surface area contributed by atoms with Crippen molar-refractivity contribution in [3.05, 3.63) is 23.3 Å². The normalized spacial score (nSPS) is 20.9. The summed E-state index contributed by atoms with van der Waals surface area (Å²) in [5.41, 5.74) is 7.89. The van der Waals surface area contributed by atoms with Crippen LogP contribution in [0.1, 0.15) is 17.5 Å². The highest BCUT2D eigenvalue weighted by molar-refractivity contribution is 7.89. The second-order valence-electron chi connectivity index (χ2n) is 4.97. The second-order valence-corrected chi connectivity index (χ2v) is 6.88. The SMILES string of the molecule is COC1CCN(S(=O)(=O)c2cc(N)cc(C)c2C)C1. The van der Waals surface area contributed by atoms with Crippen molar-refractivity contribution in [3.8, 4) is 0 Å². The Morgan fingerprint density at radius 1 is 1.37 bits per heavy atom. The summed E-state index contributed by atoms with van der Waals surface area (Å²) in [7, 11) is -1.88. The number of methoxy groups -OCH3 is 1. The lowest BCUT2D eigenvalue weighted by Crippen LogP contribution is -2.30. The molecule has 19 heavy (non-hydrogen) atoms. The topological polar surface area (TPSA) is 72.6 Å². The number of nitrogens with zero attached hydrogens (tertiary/aromatic N) is 1. The van der Waals surface area contributed by atoms with Gasteiger partial charge in [-0.3, -0.25) is 0 Å². The van der Waals surface area contributed by atoms with Gasteiger partial charge in [0.2, 0.25) is 10.0 Å². The average molecular weight is 284 g/mol. The van der Waals surface area contributed by atoms with E-state index in [0.717, 1.165) is 17.5 Å². The van der Waals surface area contributed by atoms with Crippen LogP contribution >= 0.6 is 0 Å². The predicted molar refractivity (Wildman–Crippen MR) is 74.5 cm³/mol. The van der Waals surface area contributed by atoms with E-state index in [1.807, 2.05) is 13.8 Å². The van der Waals surface area contributed by atoms with Crippen LogP contribution in [0.4, 0.5) is 5.69 Å². The van der Waals surface area contributed by atoms with Crippen molar-refractivity contribution in [1.82, 2.24) is 4.31 Å². The van der Waals surface area contributed by atoms with Crippen LogP contribution in [0.15, 0.2) is 17.0 Å².